The van der Waals surface area contributed by atoms with E-state index in [-0.39, 0.29) is 12.1 Å². The van der Waals surface area contributed by atoms with Crippen LogP contribution >= 0.6 is 22.9 Å². The Morgan fingerprint density at radius 1 is 0.970 bits per heavy atom. The number of aryl methyl sites for hydroxylation is 1. The van der Waals surface area contributed by atoms with Crippen LogP contribution in [0.5, 0.6) is 0 Å². The second kappa shape index (κ2) is 8.40. The van der Waals surface area contributed by atoms with Crippen LogP contribution in [-0.4, -0.2) is 15.5 Å². The maximum atomic E-state index is 13.8. The second-order valence-electron chi connectivity index (χ2n) is 8.68. The van der Waals surface area contributed by atoms with Gasteiger partial charge in [-0.05, 0) is 67.1 Å². The summed E-state index contributed by atoms with van der Waals surface area (Å²) in [6.07, 6.45) is 6.84. The Morgan fingerprint density at radius 3 is 2.67 bits per heavy atom. The molecule has 4 aromatic rings. The van der Waals surface area contributed by atoms with Crippen molar-refractivity contribution in [2.24, 2.45) is 0 Å². The zero-order chi connectivity index (χ0) is 22.4. The summed E-state index contributed by atoms with van der Waals surface area (Å²) in [7, 11) is 0. The highest BCUT2D eigenvalue weighted by Gasteiger charge is 2.36. The number of carbonyl (C=O) groups is 1. The standard InChI is InChI=1S/C27H24ClN3OS/c28-19-10-6-11-20(16-19)29-27(32)31-17-22-21-12-4-5-14-24(21)33-26(22)30-15-7-13-23(30)25(31)18-8-2-1-3-9-18/h1-3,6-11,13,15-16,25H,4-5,12,14,17H2,(H,29,32)/t25-/m1/s1. The molecule has 1 aliphatic heterocycles. The third-order valence-electron chi connectivity index (χ3n) is 6.63. The number of amides is 2. The number of carbonyl (C=O) groups excluding carboxylic acids is 1. The van der Waals surface area contributed by atoms with Crippen molar-refractivity contribution in [1.29, 1.82) is 0 Å². The lowest BCUT2D eigenvalue weighted by atomic mass is 9.95. The molecule has 1 N–H and O–H groups in total. The maximum absolute atomic E-state index is 13.8. The van der Waals surface area contributed by atoms with Crippen molar-refractivity contribution in [2.75, 3.05) is 5.32 Å². The van der Waals surface area contributed by atoms with Gasteiger partial charge < -0.3 is 14.8 Å². The summed E-state index contributed by atoms with van der Waals surface area (Å²) in [5, 5.41) is 4.97. The Balaban J connectivity index is 1.50. The largest absolute Gasteiger partial charge is 0.322 e. The van der Waals surface area contributed by atoms with Gasteiger partial charge in [-0.1, -0.05) is 48.0 Å². The summed E-state index contributed by atoms with van der Waals surface area (Å²) in [5.41, 5.74) is 5.66. The highest BCUT2D eigenvalue weighted by atomic mass is 35.5. The van der Waals surface area contributed by atoms with Crippen molar-refractivity contribution in [3.05, 3.63) is 105 Å². The average Bonchev–Trinajstić information content (AvgIpc) is 3.41. The quantitative estimate of drug-likeness (QED) is 0.328. The fraction of sp³-hybridized carbons (Fsp3) is 0.222. The number of hydrogen-bond donors (Lipinski definition) is 1. The predicted octanol–water partition coefficient (Wildman–Crippen LogP) is 7.21. The average molecular weight is 474 g/mol. The monoisotopic (exact) mass is 473 g/mol. The van der Waals surface area contributed by atoms with Gasteiger partial charge in [0.1, 0.15) is 5.00 Å². The van der Waals surface area contributed by atoms with Crippen LogP contribution in [0.25, 0.3) is 5.00 Å². The molecular weight excluding hydrogens is 450 g/mol. The second-order valence-corrected chi connectivity index (χ2v) is 10.2. The fourth-order valence-corrected chi connectivity index (χ4v) is 6.73. The molecule has 4 nitrogen and oxygen atoms in total. The Bertz CT molecular complexity index is 1330. The van der Waals surface area contributed by atoms with Crippen LogP contribution in [-0.2, 0) is 19.4 Å². The van der Waals surface area contributed by atoms with E-state index in [1.54, 1.807) is 6.07 Å². The SMILES string of the molecule is O=C(Nc1cccc(Cl)c1)N1Cc2c(sc3c2CCCC3)-n2cccc2[C@H]1c1ccccc1. The number of thiophene rings is 1. The van der Waals surface area contributed by atoms with Crippen molar-refractivity contribution in [2.45, 2.75) is 38.3 Å². The molecule has 6 heteroatoms. The van der Waals surface area contributed by atoms with E-state index in [0.717, 1.165) is 24.1 Å². The van der Waals surface area contributed by atoms with Gasteiger partial charge in [0.05, 0.1) is 18.3 Å². The zero-order valence-electron chi connectivity index (χ0n) is 18.1. The van der Waals surface area contributed by atoms with Gasteiger partial charge in [0.2, 0.25) is 0 Å². The molecule has 0 spiro atoms. The van der Waals surface area contributed by atoms with Crippen molar-refractivity contribution in [1.82, 2.24) is 9.47 Å². The summed E-state index contributed by atoms with van der Waals surface area (Å²) < 4.78 is 2.31. The highest BCUT2D eigenvalue weighted by Crippen LogP contribution is 2.44. The molecule has 166 valence electrons. The number of aromatic nitrogens is 1. The van der Waals surface area contributed by atoms with Gasteiger partial charge in [-0.25, -0.2) is 4.79 Å². The molecule has 0 bridgehead atoms. The minimum absolute atomic E-state index is 0.123. The first-order valence-corrected chi connectivity index (χ1v) is 12.6. The number of urea groups is 1. The topological polar surface area (TPSA) is 37.3 Å². The molecular formula is C27H24ClN3OS. The lowest BCUT2D eigenvalue weighted by Crippen LogP contribution is -2.38. The molecule has 0 radical (unpaired) electrons. The molecule has 6 rings (SSSR count). The van der Waals surface area contributed by atoms with Gasteiger partial charge in [0, 0.05) is 27.3 Å². The molecule has 2 aromatic carbocycles. The van der Waals surface area contributed by atoms with Crippen molar-refractivity contribution >= 4 is 34.7 Å². The first-order valence-electron chi connectivity index (χ1n) is 11.4. The number of nitrogens with zero attached hydrogens (tertiary/aromatic N) is 2. The van der Waals surface area contributed by atoms with Crippen LogP contribution in [0, 0.1) is 0 Å². The van der Waals surface area contributed by atoms with Crippen LogP contribution in [0.2, 0.25) is 5.02 Å². The number of rotatable bonds is 2. The van der Waals surface area contributed by atoms with E-state index in [4.69, 9.17) is 11.6 Å². The molecule has 2 aromatic heterocycles. The maximum Gasteiger partial charge on any atom is 0.322 e. The lowest BCUT2D eigenvalue weighted by Gasteiger charge is -2.31. The molecule has 0 saturated heterocycles. The molecule has 2 aliphatic rings. The van der Waals surface area contributed by atoms with E-state index in [0.29, 0.717) is 17.3 Å². The number of hydrogen-bond acceptors (Lipinski definition) is 2. The Morgan fingerprint density at radius 2 is 1.82 bits per heavy atom. The van der Waals surface area contributed by atoms with Crippen molar-refractivity contribution in [3.8, 4) is 5.00 Å². The predicted molar refractivity (Wildman–Crippen MR) is 135 cm³/mol. The van der Waals surface area contributed by atoms with Gasteiger partial charge in [0.25, 0.3) is 0 Å². The van der Waals surface area contributed by atoms with E-state index in [9.17, 15) is 4.79 Å². The third kappa shape index (κ3) is 3.65. The van der Waals surface area contributed by atoms with E-state index >= 15 is 0 Å². The minimum Gasteiger partial charge on any atom is -0.310 e. The molecule has 3 heterocycles. The number of anilines is 1. The smallest absolute Gasteiger partial charge is 0.310 e. The van der Waals surface area contributed by atoms with E-state index in [1.165, 1.54) is 33.8 Å². The molecule has 1 atom stereocenters. The Kier molecular flexibility index (Phi) is 5.24. The zero-order valence-corrected chi connectivity index (χ0v) is 19.7. The summed E-state index contributed by atoms with van der Waals surface area (Å²) in [6, 6.07) is 21.6. The summed E-state index contributed by atoms with van der Waals surface area (Å²) >= 11 is 8.08. The molecule has 0 fully saturated rings. The molecule has 33 heavy (non-hydrogen) atoms. The van der Waals surface area contributed by atoms with Crippen LogP contribution in [0.4, 0.5) is 10.5 Å². The number of benzene rings is 2. The molecule has 2 amide bonds. The van der Waals surface area contributed by atoms with Gasteiger partial charge in [-0.3, -0.25) is 0 Å². The third-order valence-corrected chi connectivity index (χ3v) is 8.20. The Labute approximate surface area is 202 Å². The number of halogens is 1. The molecule has 0 saturated carbocycles. The van der Waals surface area contributed by atoms with Gasteiger partial charge in [-0.15, -0.1) is 11.3 Å². The fourth-order valence-electron chi connectivity index (χ4n) is 5.13. The van der Waals surface area contributed by atoms with Crippen molar-refractivity contribution < 1.29 is 4.79 Å². The van der Waals surface area contributed by atoms with Gasteiger partial charge in [-0.2, -0.15) is 0 Å². The minimum atomic E-state index is -0.195. The Hall–Kier alpha value is -3.02. The van der Waals surface area contributed by atoms with Crippen LogP contribution in [0.1, 0.15) is 46.1 Å². The van der Waals surface area contributed by atoms with Crippen LogP contribution < -0.4 is 5.32 Å². The first-order chi connectivity index (χ1) is 16.2. The normalized spacial score (nSPS) is 17.0. The van der Waals surface area contributed by atoms with E-state index in [2.05, 4.69) is 40.3 Å². The highest BCUT2D eigenvalue weighted by molar-refractivity contribution is 7.15. The van der Waals surface area contributed by atoms with E-state index < -0.39 is 0 Å². The number of fused-ring (bicyclic) bond motifs is 5. The van der Waals surface area contributed by atoms with Crippen molar-refractivity contribution in [3.63, 3.8) is 0 Å². The molecule has 0 unspecified atom stereocenters. The van der Waals surface area contributed by atoms with Crippen LogP contribution in [0.15, 0.2) is 72.9 Å². The number of nitrogens with one attached hydrogen (secondary N) is 1. The van der Waals surface area contributed by atoms with Gasteiger partial charge >= 0.3 is 6.03 Å². The van der Waals surface area contributed by atoms with Gasteiger partial charge in [0.15, 0.2) is 0 Å². The molecule has 1 aliphatic carbocycles. The van der Waals surface area contributed by atoms with Crippen LogP contribution in [0.3, 0.4) is 0 Å². The first kappa shape index (κ1) is 20.6. The van der Waals surface area contributed by atoms with E-state index in [1.807, 2.05) is 52.6 Å². The summed E-state index contributed by atoms with van der Waals surface area (Å²) in [4.78, 5) is 17.3. The summed E-state index contributed by atoms with van der Waals surface area (Å²) in [5.74, 6) is 0. The lowest BCUT2D eigenvalue weighted by molar-refractivity contribution is 0.194. The summed E-state index contributed by atoms with van der Waals surface area (Å²) in [6.45, 7) is 0.578.